The first-order valence-corrected chi connectivity index (χ1v) is 6.84. The Balaban J connectivity index is 1.76. The molecule has 1 amide bonds. The Morgan fingerprint density at radius 2 is 2.28 bits per heavy atom. The molecule has 1 aromatic rings. The number of carbonyl (C=O) groups excluding carboxylic acids is 1. The van der Waals surface area contributed by atoms with E-state index in [1.54, 1.807) is 6.07 Å². The number of rotatable bonds is 5. The van der Waals surface area contributed by atoms with E-state index >= 15 is 0 Å². The van der Waals surface area contributed by atoms with Gasteiger partial charge in [0, 0.05) is 13.0 Å². The zero-order chi connectivity index (χ0) is 12.8. The molecule has 0 unspecified atom stereocenters. The van der Waals surface area contributed by atoms with Gasteiger partial charge < -0.3 is 9.73 Å². The van der Waals surface area contributed by atoms with Crippen LogP contribution in [0.15, 0.2) is 28.2 Å². The van der Waals surface area contributed by atoms with E-state index in [1.807, 2.05) is 13.0 Å². The molecule has 3 heteroatoms. The van der Waals surface area contributed by atoms with E-state index in [2.05, 4.69) is 11.4 Å². The smallest absolute Gasteiger partial charge is 0.287 e. The van der Waals surface area contributed by atoms with Crippen molar-refractivity contribution < 1.29 is 9.21 Å². The highest BCUT2D eigenvalue weighted by Gasteiger charge is 2.10. The molecule has 1 aromatic heterocycles. The van der Waals surface area contributed by atoms with Gasteiger partial charge in [0.2, 0.25) is 0 Å². The van der Waals surface area contributed by atoms with E-state index in [4.69, 9.17) is 4.42 Å². The fraction of sp³-hybridized carbons (Fsp3) is 0.533. The van der Waals surface area contributed by atoms with Crippen LogP contribution in [0.25, 0.3) is 0 Å². The van der Waals surface area contributed by atoms with E-state index in [9.17, 15) is 4.79 Å². The third-order valence-electron chi connectivity index (χ3n) is 3.35. The summed E-state index contributed by atoms with van der Waals surface area (Å²) in [6.07, 6.45) is 9.09. The minimum atomic E-state index is -0.105. The SMILES string of the molecule is CCc1ccc(C(=O)NCCC2=CCCCC2)o1. The van der Waals surface area contributed by atoms with Gasteiger partial charge in [-0.2, -0.15) is 0 Å². The monoisotopic (exact) mass is 247 g/mol. The van der Waals surface area contributed by atoms with Crippen LogP contribution in [0.5, 0.6) is 0 Å². The van der Waals surface area contributed by atoms with E-state index in [-0.39, 0.29) is 5.91 Å². The molecule has 1 aliphatic rings. The lowest BCUT2D eigenvalue weighted by atomic mass is 9.97. The summed E-state index contributed by atoms with van der Waals surface area (Å²) < 4.78 is 5.41. The van der Waals surface area contributed by atoms with Gasteiger partial charge >= 0.3 is 0 Å². The molecule has 1 N–H and O–H groups in total. The zero-order valence-electron chi connectivity index (χ0n) is 11.0. The van der Waals surface area contributed by atoms with Crippen LogP contribution in [0.4, 0.5) is 0 Å². The van der Waals surface area contributed by atoms with Gasteiger partial charge in [0.05, 0.1) is 0 Å². The fourth-order valence-electron chi connectivity index (χ4n) is 2.25. The molecule has 0 aromatic carbocycles. The van der Waals surface area contributed by atoms with Crippen LogP contribution in [-0.4, -0.2) is 12.5 Å². The van der Waals surface area contributed by atoms with E-state index < -0.39 is 0 Å². The van der Waals surface area contributed by atoms with Crippen molar-refractivity contribution in [3.8, 4) is 0 Å². The highest BCUT2D eigenvalue weighted by molar-refractivity contribution is 5.91. The normalized spacial score (nSPS) is 15.3. The van der Waals surface area contributed by atoms with Crippen LogP contribution < -0.4 is 5.32 Å². The van der Waals surface area contributed by atoms with Crippen LogP contribution in [-0.2, 0) is 6.42 Å². The molecule has 2 rings (SSSR count). The number of furan rings is 1. The lowest BCUT2D eigenvalue weighted by Gasteiger charge is -2.12. The van der Waals surface area contributed by atoms with Crippen LogP contribution in [0.1, 0.15) is 55.3 Å². The number of aryl methyl sites for hydroxylation is 1. The molecule has 3 nitrogen and oxygen atoms in total. The third-order valence-corrected chi connectivity index (χ3v) is 3.35. The number of allylic oxidation sites excluding steroid dienone is 1. The lowest BCUT2D eigenvalue weighted by Crippen LogP contribution is -2.24. The number of carbonyl (C=O) groups is 1. The Labute approximate surface area is 108 Å². The molecule has 98 valence electrons. The Bertz CT molecular complexity index is 431. The number of nitrogens with one attached hydrogen (secondary N) is 1. The van der Waals surface area contributed by atoms with E-state index in [0.29, 0.717) is 12.3 Å². The maximum atomic E-state index is 11.8. The molecule has 1 heterocycles. The summed E-state index contributed by atoms with van der Waals surface area (Å²) in [7, 11) is 0. The van der Waals surface area contributed by atoms with Gasteiger partial charge in [-0.25, -0.2) is 0 Å². The summed E-state index contributed by atoms with van der Waals surface area (Å²) in [5, 5.41) is 2.91. The van der Waals surface area contributed by atoms with Gasteiger partial charge in [0.1, 0.15) is 5.76 Å². The van der Waals surface area contributed by atoms with Crippen LogP contribution in [0.2, 0.25) is 0 Å². The van der Waals surface area contributed by atoms with Crippen LogP contribution in [0, 0.1) is 0 Å². The average molecular weight is 247 g/mol. The largest absolute Gasteiger partial charge is 0.456 e. The Hall–Kier alpha value is -1.51. The van der Waals surface area contributed by atoms with Crippen molar-refractivity contribution >= 4 is 5.91 Å². The van der Waals surface area contributed by atoms with Crippen molar-refractivity contribution in [2.75, 3.05) is 6.54 Å². The topological polar surface area (TPSA) is 42.2 Å². The second kappa shape index (κ2) is 6.43. The summed E-state index contributed by atoms with van der Waals surface area (Å²) in [5.74, 6) is 1.17. The minimum absolute atomic E-state index is 0.105. The molecule has 0 spiro atoms. The summed E-state index contributed by atoms with van der Waals surface area (Å²) in [5.41, 5.74) is 1.48. The first-order valence-electron chi connectivity index (χ1n) is 6.84. The van der Waals surface area contributed by atoms with Gasteiger partial charge in [-0.3, -0.25) is 4.79 Å². The maximum absolute atomic E-state index is 11.8. The average Bonchev–Trinajstić information content (AvgIpc) is 2.89. The number of hydrogen-bond acceptors (Lipinski definition) is 2. The molecular weight excluding hydrogens is 226 g/mol. The zero-order valence-corrected chi connectivity index (χ0v) is 11.0. The molecule has 1 aliphatic carbocycles. The maximum Gasteiger partial charge on any atom is 0.287 e. The molecule has 0 saturated heterocycles. The van der Waals surface area contributed by atoms with Gasteiger partial charge in [-0.15, -0.1) is 0 Å². The molecule has 18 heavy (non-hydrogen) atoms. The van der Waals surface area contributed by atoms with Crippen molar-refractivity contribution in [1.29, 1.82) is 0 Å². The first-order chi connectivity index (χ1) is 8.79. The van der Waals surface area contributed by atoms with Crippen molar-refractivity contribution in [2.24, 2.45) is 0 Å². The molecular formula is C15H21NO2. The Morgan fingerprint density at radius 3 is 2.94 bits per heavy atom. The van der Waals surface area contributed by atoms with E-state index in [0.717, 1.165) is 18.6 Å². The molecule has 0 radical (unpaired) electrons. The Morgan fingerprint density at radius 1 is 1.39 bits per heavy atom. The third kappa shape index (κ3) is 3.49. The standard InChI is InChI=1S/C15H21NO2/c1-2-13-8-9-14(18-13)15(17)16-11-10-12-6-4-3-5-7-12/h6,8-9H,2-5,7,10-11H2,1H3,(H,16,17). The van der Waals surface area contributed by atoms with Crippen molar-refractivity contribution in [3.63, 3.8) is 0 Å². The predicted molar refractivity (Wildman–Crippen MR) is 71.6 cm³/mol. The summed E-state index contributed by atoms with van der Waals surface area (Å²) in [6, 6.07) is 3.60. The highest BCUT2D eigenvalue weighted by Crippen LogP contribution is 2.19. The lowest BCUT2D eigenvalue weighted by molar-refractivity contribution is 0.0924. The van der Waals surface area contributed by atoms with Crippen molar-refractivity contribution in [2.45, 2.75) is 45.4 Å². The second-order valence-electron chi connectivity index (χ2n) is 4.73. The second-order valence-corrected chi connectivity index (χ2v) is 4.73. The van der Waals surface area contributed by atoms with Gasteiger partial charge in [0.25, 0.3) is 5.91 Å². The predicted octanol–water partition coefficient (Wildman–Crippen LogP) is 3.46. The van der Waals surface area contributed by atoms with Gasteiger partial charge in [-0.05, 0) is 44.2 Å². The first kappa shape index (κ1) is 12.9. The quantitative estimate of drug-likeness (QED) is 0.810. The summed E-state index contributed by atoms with van der Waals surface area (Å²) in [6.45, 7) is 2.71. The van der Waals surface area contributed by atoms with Crippen molar-refractivity contribution in [1.82, 2.24) is 5.32 Å². The summed E-state index contributed by atoms with van der Waals surface area (Å²) >= 11 is 0. The Kier molecular flexibility index (Phi) is 4.62. The fourth-order valence-corrected chi connectivity index (χ4v) is 2.25. The highest BCUT2D eigenvalue weighted by atomic mass is 16.3. The van der Waals surface area contributed by atoms with Crippen molar-refractivity contribution in [3.05, 3.63) is 35.3 Å². The number of hydrogen-bond donors (Lipinski definition) is 1. The molecule has 0 aliphatic heterocycles. The van der Waals surface area contributed by atoms with Gasteiger partial charge in [0.15, 0.2) is 5.76 Å². The van der Waals surface area contributed by atoms with Crippen LogP contribution >= 0.6 is 0 Å². The molecule has 0 fully saturated rings. The molecule has 0 saturated carbocycles. The van der Waals surface area contributed by atoms with E-state index in [1.165, 1.54) is 31.3 Å². The molecule has 0 atom stereocenters. The van der Waals surface area contributed by atoms with Crippen LogP contribution in [0.3, 0.4) is 0 Å². The minimum Gasteiger partial charge on any atom is -0.456 e. The summed E-state index contributed by atoms with van der Waals surface area (Å²) in [4.78, 5) is 11.8. The number of amides is 1. The molecule has 0 bridgehead atoms. The van der Waals surface area contributed by atoms with Gasteiger partial charge in [-0.1, -0.05) is 18.6 Å².